The summed E-state index contributed by atoms with van der Waals surface area (Å²) >= 11 is 5.68. The van der Waals surface area contributed by atoms with Crippen LogP contribution in [0.5, 0.6) is 5.75 Å². The minimum Gasteiger partial charge on any atom is -0.467 e. The van der Waals surface area contributed by atoms with Crippen LogP contribution in [0.15, 0.2) is 36.4 Å². The van der Waals surface area contributed by atoms with E-state index in [9.17, 15) is 9.18 Å². The van der Waals surface area contributed by atoms with Gasteiger partial charge in [-0.05, 0) is 36.4 Å². The van der Waals surface area contributed by atoms with Crippen LogP contribution in [-0.2, 0) is 11.3 Å². The Morgan fingerprint density at radius 2 is 2.10 bits per heavy atom. The maximum absolute atomic E-state index is 13.1. The number of benzene rings is 2. The Labute approximate surface area is 125 Å². The normalized spacial score (nSPS) is 13.2. The molecule has 0 spiro atoms. The Hall–Kier alpha value is -2.11. The average molecular weight is 308 g/mol. The summed E-state index contributed by atoms with van der Waals surface area (Å²) in [6.07, 6.45) is 0. The van der Waals surface area contributed by atoms with E-state index in [1.165, 1.54) is 18.2 Å². The van der Waals surface area contributed by atoms with Gasteiger partial charge < -0.3 is 14.8 Å². The van der Waals surface area contributed by atoms with Crippen molar-refractivity contribution in [2.24, 2.45) is 0 Å². The van der Waals surface area contributed by atoms with Crippen LogP contribution in [0.25, 0.3) is 0 Å². The van der Waals surface area contributed by atoms with Crippen molar-refractivity contribution in [2.75, 3.05) is 12.1 Å². The van der Waals surface area contributed by atoms with Gasteiger partial charge in [0, 0.05) is 16.8 Å². The van der Waals surface area contributed by atoms with Crippen molar-refractivity contribution in [3.63, 3.8) is 0 Å². The van der Waals surface area contributed by atoms with Crippen molar-refractivity contribution in [3.8, 4) is 5.75 Å². The van der Waals surface area contributed by atoms with Crippen molar-refractivity contribution in [1.82, 2.24) is 0 Å². The Morgan fingerprint density at radius 1 is 1.24 bits per heavy atom. The molecular weight excluding hydrogens is 297 g/mol. The van der Waals surface area contributed by atoms with Gasteiger partial charge in [0.25, 0.3) is 5.91 Å². The fourth-order valence-electron chi connectivity index (χ4n) is 2.01. The zero-order valence-corrected chi connectivity index (χ0v) is 11.6. The van der Waals surface area contributed by atoms with E-state index < -0.39 is 5.82 Å². The van der Waals surface area contributed by atoms with E-state index >= 15 is 0 Å². The molecule has 108 valence electrons. The van der Waals surface area contributed by atoms with Crippen molar-refractivity contribution >= 4 is 23.2 Å². The van der Waals surface area contributed by atoms with Gasteiger partial charge >= 0.3 is 0 Å². The van der Waals surface area contributed by atoms with Gasteiger partial charge in [-0.15, -0.1) is 0 Å². The quantitative estimate of drug-likeness (QED) is 0.922. The zero-order valence-electron chi connectivity index (χ0n) is 10.9. The van der Waals surface area contributed by atoms with E-state index in [2.05, 4.69) is 5.32 Å². The van der Waals surface area contributed by atoms with Gasteiger partial charge in [0.1, 0.15) is 11.6 Å². The number of anilines is 1. The molecule has 0 bridgehead atoms. The summed E-state index contributed by atoms with van der Waals surface area (Å²) in [7, 11) is 0. The largest absolute Gasteiger partial charge is 0.467 e. The minimum atomic E-state index is -0.530. The first kappa shape index (κ1) is 13.9. The van der Waals surface area contributed by atoms with E-state index in [0.29, 0.717) is 23.6 Å². The fourth-order valence-corrected chi connectivity index (χ4v) is 2.19. The van der Waals surface area contributed by atoms with E-state index in [-0.39, 0.29) is 17.7 Å². The lowest BCUT2D eigenvalue weighted by atomic mass is 10.1. The standard InChI is InChI=1S/C15H11ClFNO3/c16-12-6-11(2-3-13(12)17)18-15(19)9-1-4-14-10(5-9)7-20-8-21-14/h1-6H,7-8H2,(H,18,19). The third-order valence-corrected chi connectivity index (χ3v) is 3.35. The molecule has 1 aliphatic heterocycles. The lowest BCUT2D eigenvalue weighted by Crippen LogP contribution is -2.15. The van der Waals surface area contributed by atoms with E-state index in [1.807, 2.05) is 0 Å². The predicted octanol–water partition coefficient (Wildman–Crippen LogP) is 3.60. The zero-order chi connectivity index (χ0) is 14.8. The van der Waals surface area contributed by atoms with E-state index in [1.54, 1.807) is 18.2 Å². The first-order chi connectivity index (χ1) is 10.1. The molecule has 0 unspecified atom stereocenters. The topological polar surface area (TPSA) is 47.6 Å². The van der Waals surface area contributed by atoms with Crippen LogP contribution in [0.1, 0.15) is 15.9 Å². The fraction of sp³-hybridized carbons (Fsp3) is 0.133. The molecule has 1 aliphatic rings. The van der Waals surface area contributed by atoms with Crippen LogP contribution in [0, 0.1) is 5.82 Å². The van der Waals surface area contributed by atoms with Crippen molar-refractivity contribution in [3.05, 3.63) is 58.4 Å². The summed E-state index contributed by atoms with van der Waals surface area (Å²) in [5.74, 6) is -0.133. The molecule has 0 atom stereocenters. The molecular formula is C15H11ClFNO3. The average Bonchev–Trinajstić information content (AvgIpc) is 2.50. The van der Waals surface area contributed by atoms with Crippen LogP contribution in [-0.4, -0.2) is 12.7 Å². The number of halogens is 2. The summed E-state index contributed by atoms with van der Waals surface area (Å²) in [4.78, 5) is 12.2. The molecule has 2 aromatic rings. The molecule has 2 aromatic carbocycles. The molecule has 1 amide bonds. The summed E-state index contributed by atoms with van der Waals surface area (Å²) in [6, 6.07) is 9.10. The smallest absolute Gasteiger partial charge is 0.255 e. The minimum absolute atomic E-state index is 0.0416. The van der Waals surface area contributed by atoms with Crippen LogP contribution in [0.3, 0.4) is 0 Å². The van der Waals surface area contributed by atoms with E-state index in [0.717, 1.165) is 5.56 Å². The number of hydrogen-bond donors (Lipinski definition) is 1. The second kappa shape index (κ2) is 5.71. The number of amides is 1. The van der Waals surface area contributed by atoms with Crippen LogP contribution in [0.2, 0.25) is 5.02 Å². The Kier molecular flexibility index (Phi) is 3.77. The van der Waals surface area contributed by atoms with Gasteiger partial charge in [-0.2, -0.15) is 0 Å². The third kappa shape index (κ3) is 2.99. The summed E-state index contributed by atoms with van der Waals surface area (Å²) in [5, 5.41) is 2.62. The first-order valence-corrected chi connectivity index (χ1v) is 6.61. The highest BCUT2D eigenvalue weighted by Gasteiger charge is 2.14. The summed E-state index contributed by atoms with van der Waals surface area (Å²) in [6.45, 7) is 0.617. The van der Waals surface area contributed by atoms with Gasteiger partial charge in [0.2, 0.25) is 0 Å². The Bertz CT molecular complexity index is 705. The maximum Gasteiger partial charge on any atom is 0.255 e. The second-order valence-corrected chi connectivity index (χ2v) is 4.92. The highest BCUT2D eigenvalue weighted by Crippen LogP contribution is 2.25. The first-order valence-electron chi connectivity index (χ1n) is 6.23. The summed E-state index contributed by atoms with van der Waals surface area (Å²) < 4.78 is 23.5. The second-order valence-electron chi connectivity index (χ2n) is 4.52. The molecule has 1 heterocycles. The molecule has 0 saturated heterocycles. The molecule has 1 N–H and O–H groups in total. The molecule has 0 saturated carbocycles. The number of rotatable bonds is 2. The SMILES string of the molecule is O=C(Nc1ccc(F)c(Cl)c1)c1ccc2c(c1)COCO2. The van der Waals surface area contributed by atoms with Crippen molar-refractivity contribution in [1.29, 1.82) is 0 Å². The van der Waals surface area contributed by atoms with Gasteiger partial charge in [-0.25, -0.2) is 4.39 Å². The highest BCUT2D eigenvalue weighted by molar-refractivity contribution is 6.31. The number of ether oxygens (including phenoxy) is 2. The molecule has 4 nitrogen and oxygen atoms in total. The lowest BCUT2D eigenvalue weighted by Gasteiger charge is -2.18. The van der Waals surface area contributed by atoms with Gasteiger partial charge in [0.05, 0.1) is 11.6 Å². The molecule has 3 rings (SSSR count). The predicted molar refractivity (Wildman–Crippen MR) is 76.1 cm³/mol. The van der Waals surface area contributed by atoms with Gasteiger partial charge in [-0.3, -0.25) is 4.79 Å². The molecule has 0 fully saturated rings. The molecule has 6 heteroatoms. The van der Waals surface area contributed by atoms with Crippen LogP contribution < -0.4 is 10.1 Å². The van der Waals surface area contributed by atoms with Crippen LogP contribution >= 0.6 is 11.6 Å². The summed E-state index contributed by atoms with van der Waals surface area (Å²) in [5.41, 5.74) is 1.70. The Morgan fingerprint density at radius 3 is 2.90 bits per heavy atom. The van der Waals surface area contributed by atoms with E-state index in [4.69, 9.17) is 21.1 Å². The highest BCUT2D eigenvalue weighted by atomic mass is 35.5. The lowest BCUT2D eigenvalue weighted by molar-refractivity contribution is -0.0163. The molecule has 0 aliphatic carbocycles. The third-order valence-electron chi connectivity index (χ3n) is 3.06. The van der Waals surface area contributed by atoms with Crippen LogP contribution in [0.4, 0.5) is 10.1 Å². The number of carbonyl (C=O) groups excluding carboxylic acids is 1. The number of carbonyl (C=O) groups is 1. The van der Waals surface area contributed by atoms with Gasteiger partial charge in [-0.1, -0.05) is 11.6 Å². The molecule has 0 aromatic heterocycles. The van der Waals surface area contributed by atoms with Gasteiger partial charge in [0.15, 0.2) is 6.79 Å². The number of nitrogens with one attached hydrogen (secondary N) is 1. The molecule has 0 radical (unpaired) electrons. The monoisotopic (exact) mass is 307 g/mol. The number of fused-ring (bicyclic) bond motifs is 1. The molecule has 21 heavy (non-hydrogen) atoms. The maximum atomic E-state index is 13.1. The van der Waals surface area contributed by atoms with Crippen molar-refractivity contribution < 1.29 is 18.7 Å². The Balaban J connectivity index is 1.80. The number of hydrogen-bond acceptors (Lipinski definition) is 3. The van der Waals surface area contributed by atoms with Crippen molar-refractivity contribution in [2.45, 2.75) is 6.61 Å².